The van der Waals surface area contributed by atoms with Crippen LogP contribution in [0.3, 0.4) is 0 Å². The molecule has 1 heterocycles. The van der Waals surface area contributed by atoms with Gasteiger partial charge in [-0.25, -0.2) is 0 Å². The van der Waals surface area contributed by atoms with Crippen LogP contribution in [0, 0.1) is 5.92 Å². The first-order valence-corrected chi connectivity index (χ1v) is 9.64. The van der Waals surface area contributed by atoms with E-state index in [2.05, 4.69) is 10.5 Å². The molecular weight excluding hydrogens is 342 g/mol. The third-order valence-electron chi connectivity index (χ3n) is 4.84. The van der Waals surface area contributed by atoms with Crippen molar-refractivity contribution in [2.45, 2.75) is 52.1 Å². The Morgan fingerprint density at radius 2 is 1.93 bits per heavy atom. The first-order valence-electron chi connectivity index (χ1n) is 9.64. The zero-order chi connectivity index (χ0) is 19.2. The van der Waals surface area contributed by atoms with Crippen molar-refractivity contribution in [3.63, 3.8) is 0 Å². The van der Waals surface area contributed by atoms with Gasteiger partial charge < -0.3 is 14.7 Å². The van der Waals surface area contributed by atoms with Crippen LogP contribution in [0.2, 0.25) is 0 Å². The second-order valence-electron chi connectivity index (χ2n) is 7.52. The van der Waals surface area contributed by atoms with Gasteiger partial charge in [0.25, 0.3) is 11.8 Å². The summed E-state index contributed by atoms with van der Waals surface area (Å²) in [5.41, 5.74) is 0.919. The number of carbonyl (C=O) groups excluding carboxylic acids is 2. The topological polar surface area (TPSA) is 75.4 Å². The molecule has 0 unspecified atom stereocenters. The summed E-state index contributed by atoms with van der Waals surface area (Å²) >= 11 is 0. The Hall–Kier alpha value is -2.63. The molecule has 27 heavy (non-hydrogen) atoms. The first-order chi connectivity index (χ1) is 13.0. The summed E-state index contributed by atoms with van der Waals surface area (Å²) in [7, 11) is 0. The SMILES string of the molecule is CC(C)CNC(=O)c1cc(CN(C(=O)c2ccccc2)C2CCCC2)on1. The van der Waals surface area contributed by atoms with Crippen LogP contribution in [-0.4, -0.2) is 34.5 Å². The smallest absolute Gasteiger partial charge is 0.273 e. The van der Waals surface area contributed by atoms with Crippen molar-refractivity contribution in [1.82, 2.24) is 15.4 Å². The number of aromatic nitrogens is 1. The van der Waals surface area contributed by atoms with Gasteiger partial charge in [-0.05, 0) is 30.9 Å². The van der Waals surface area contributed by atoms with Gasteiger partial charge in [-0.2, -0.15) is 0 Å². The molecule has 0 radical (unpaired) electrons. The fourth-order valence-corrected chi connectivity index (χ4v) is 3.38. The lowest BCUT2D eigenvalue weighted by Gasteiger charge is -2.28. The van der Waals surface area contributed by atoms with Crippen LogP contribution >= 0.6 is 0 Å². The minimum atomic E-state index is -0.250. The van der Waals surface area contributed by atoms with E-state index in [0.29, 0.717) is 30.3 Å². The molecule has 1 aromatic heterocycles. The summed E-state index contributed by atoms with van der Waals surface area (Å²) in [5, 5.41) is 6.71. The molecule has 1 saturated carbocycles. The van der Waals surface area contributed by atoms with Gasteiger partial charge >= 0.3 is 0 Å². The summed E-state index contributed by atoms with van der Waals surface area (Å²) in [4.78, 5) is 27.0. The Bertz CT molecular complexity index is 764. The quantitative estimate of drug-likeness (QED) is 0.808. The van der Waals surface area contributed by atoms with Crippen LogP contribution in [0.15, 0.2) is 40.9 Å². The first kappa shape index (κ1) is 19.1. The van der Waals surface area contributed by atoms with Gasteiger partial charge in [-0.1, -0.05) is 50.0 Å². The van der Waals surface area contributed by atoms with E-state index >= 15 is 0 Å². The monoisotopic (exact) mass is 369 g/mol. The fourth-order valence-electron chi connectivity index (χ4n) is 3.38. The third kappa shape index (κ3) is 4.96. The molecular formula is C21H27N3O3. The average molecular weight is 369 g/mol. The molecule has 2 aromatic rings. The van der Waals surface area contributed by atoms with E-state index < -0.39 is 0 Å². The van der Waals surface area contributed by atoms with Crippen molar-refractivity contribution in [2.24, 2.45) is 5.92 Å². The predicted octanol–water partition coefficient (Wildman–Crippen LogP) is 3.65. The van der Waals surface area contributed by atoms with Gasteiger partial charge in [0.1, 0.15) is 0 Å². The van der Waals surface area contributed by atoms with Crippen LogP contribution in [0.4, 0.5) is 0 Å². The van der Waals surface area contributed by atoms with E-state index in [0.717, 1.165) is 25.7 Å². The largest absolute Gasteiger partial charge is 0.359 e. The second-order valence-corrected chi connectivity index (χ2v) is 7.52. The summed E-state index contributed by atoms with van der Waals surface area (Å²) in [6, 6.07) is 11.1. The van der Waals surface area contributed by atoms with Gasteiger partial charge in [0.15, 0.2) is 11.5 Å². The molecule has 3 rings (SSSR count). The van der Waals surface area contributed by atoms with Crippen molar-refractivity contribution >= 4 is 11.8 Å². The normalized spacial score (nSPS) is 14.5. The second kappa shape index (κ2) is 8.84. The number of amides is 2. The van der Waals surface area contributed by atoms with Crippen molar-refractivity contribution in [3.05, 3.63) is 53.4 Å². The highest BCUT2D eigenvalue weighted by molar-refractivity contribution is 5.94. The van der Waals surface area contributed by atoms with Gasteiger partial charge in [0.05, 0.1) is 6.54 Å². The Labute approximate surface area is 159 Å². The molecule has 1 aromatic carbocycles. The molecule has 6 heteroatoms. The van der Waals surface area contributed by atoms with Gasteiger partial charge in [0.2, 0.25) is 0 Å². The number of nitrogens with one attached hydrogen (secondary N) is 1. The van der Waals surface area contributed by atoms with Gasteiger partial charge in [-0.15, -0.1) is 0 Å². The van der Waals surface area contributed by atoms with E-state index in [1.54, 1.807) is 6.07 Å². The molecule has 144 valence electrons. The molecule has 1 aliphatic rings. The average Bonchev–Trinajstić information content (AvgIpc) is 3.36. The highest BCUT2D eigenvalue weighted by Gasteiger charge is 2.29. The number of hydrogen-bond acceptors (Lipinski definition) is 4. The van der Waals surface area contributed by atoms with E-state index in [1.807, 2.05) is 49.1 Å². The summed E-state index contributed by atoms with van der Waals surface area (Å²) in [5.74, 6) is 0.632. The van der Waals surface area contributed by atoms with Crippen molar-refractivity contribution in [1.29, 1.82) is 0 Å². The molecule has 6 nitrogen and oxygen atoms in total. The maximum atomic E-state index is 13.0. The maximum Gasteiger partial charge on any atom is 0.273 e. The highest BCUT2D eigenvalue weighted by Crippen LogP contribution is 2.26. The standard InChI is InChI=1S/C21H27N3O3/c1-15(2)13-22-20(25)19-12-18(27-23-19)14-24(17-10-6-7-11-17)21(26)16-8-4-3-5-9-16/h3-5,8-9,12,15,17H,6-7,10-11,13-14H2,1-2H3,(H,22,25). The van der Waals surface area contributed by atoms with Crippen LogP contribution < -0.4 is 5.32 Å². The Morgan fingerprint density at radius 3 is 2.59 bits per heavy atom. The van der Waals surface area contributed by atoms with Gasteiger partial charge in [-0.3, -0.25) is 9.59 Å². The van der Waals surface area contributed by atoms with Crippen LogP contribution in [0.5, 0.6) is 0 Å². The lowest BCUT2D eigenvalue weighted by Crippen LogP contribution is -2.38. The molecule has 2 amide bonds. The number of rotatable bonds is 7. The third-order valence-corrected chi connectivity index (χ3v) is 4.84. The summed E-state index contributed by atoms with van der Waals surface area (Å²) in [6.07, 6.45) is 4.24. The van der Waals surface area contributed by atoms with Crippen LogP contribution in [0.1, 0.15) is 66.1 Å². The van der Waals surface area contributed by atoms with Crippen LogP contribution in [0.25, 0.3) is 0 Å². The minimum Gasteiger partial charge on any atom is -0.359 e. The Morgan fingerprint density at radius 1 is 1.22 bits per heavy atom. The highest BCUT2D eigenvalue weighted by atomic mass is 16.5. The molecule has 0 bridgehead atoms. The lowest BCUT2D eigenvalue weighted by molar-refractivity contribution is 0.0643. The van der Waals surface area contributed by atoms with E-state index in [1.165, 1.54) is 0 Å². The number of benzene rings is 1. The van der Waals surface area contributed by atoms with E-state index in [4.69, 9.17) is 4.52 Å². The number of nitrogens with zero attached hydrogens (tertiary/aromatic N) is 2. The molecule has 1 N–H and O–H groups in total. The zero-order valence-corrected chi connectivity index (χ0v) is 16.0. The Kier molecular flexibility index (Phi) is 6.27. The van der Waals surface area contributed by atoms with Crippen molar-refractivity contribution in [3.8, 4) is 0 Å². The van der Waals surface area contributed by atoms with E-state index in [9.17, 15) is 9.59 Å². The molecule has 0 atom stereocenters. The number of hydrogen-bond donors (Lipinski definition) is 1. The maximum absolute atomic E-state index is 13.0. The molecule has 1 fully saturated rings. The Balaban J connectivity index is 1.73. The van der Waals surface area contributed by atoms with Crippen LogP contribution in [-0.2, 0) is 6.54 Å². The van der Waals surface area contributed by atoms with Crippen molar-refractivity contribution in [2.75, 3.05) is 6.54 Å². The summed E-state index contributed by atoms with van der Waals surface area (Å²) in [6.45, 7) is 4.97. The minimum absolute atomic E-state index is 0.00953. The lowest BCUT2D eigenvalue weighted by atomic mass is 10.1. The predicted molar refractivity (Wildman–Crippen MR) is 102 cm³/mol. The van der Waals surface area contributed by atoms with Crippen molar-refractivity contribution < 1.29 is 14.1 Å². The summed E-state index contributed by atoms with van der Waals surface area (Å²) < 4.78 is 5.36. The number of carbonyl (C=O) groups is 2. The molecule has 1 aliphatic carbocycles. The molecule has 0 spiro atoms. The van der Waals surface area contributed by atoms with Gasteiger partial charge in [0, 0.05) is 24.2 Å². The molecule has 0 aliphatic heterocycles. The zero-order valence-electron chi connectivity index (χ0n) is 16.0. The molecule has 0 saturated heterocycles. The fraction of sp³-hybridized carbons (Fsp3) is 0.476. The van der Waals surface area contributed by atoms with E-state index in [-0.39, 0.29) is 23.6 Å².